The topological polar surface area (TPSA) is 174 Å². The van der Waals surface area contributed by atoms with E-state index in [1.807, 2.05) is 29.2 Å². The minimum absolute atomic E-state index is 0.00871. The first-order valence-corrected chi connectivity index (χ1v) is 20.0. The number of para-hydroxylation sites is 1. The molecule has 2 atom stereocenters. The van der Waals surface area contributed by atoms with Crippen LogP contribution >= 0.6 is 11.8 Å². The number of amides is 1. The first-order valence-electron chi connectivity index (χ1n) is 19.0. The van der Waals surface area contributed by atoms with E-state index in [1.54, 1.807) is 28.8 Å². The van der Waals surface area contributed by atoms with Gasteiger partial charge in [-0.15, -0.1) is 0 Å². The highest BCUT2D eigenvalue weighted by Crippen LogP contribution is 2.32. The fraction of sp³-hybridized carbons (Fsp3) is 0.326. The van der Waals surface area contributed by atoms with Crippen molar-refractivity contribution in [2.45, 2.75) is 81.2 Å². The van der Waals surface area contributed by atoms with E-state index in [2.05, 4.69) is 23.7 Å². The lowest BCUT2D eigenvalue weighted by atomic mass is 9.99. The molecule has 1 aliphatic rings. The van der Waals surface area contributed by atoms with Crippen molar-refractivity contribution in [3.8, 4) is 11.1 Å². The predicted molar refractivity (Wildman–Crippen MR) is 216 cm³/mol. The molecule has 1 saturated heterocycles. The Morgan fingerprint density at radius 1 is 0.836 bits per heavy atom. The van der Waals surface area contributed by atoms with E-state index in [4.69, 9.17) is 20.4 Å². The first-order chi connectivity index (χ1) is 28.8. The molecule has 2 heterocycles. The number of likely N-dealkylation sites (tertiary alicyclic amines) is 1. The summed E-state index contributed by atoms with van der Waals surface area (Å²) in [6.07, 6.45) is -7.43. The Kier molecular flexibility index (Phi) is 15.4. The number of rotatable bonds is 13. The molecule has 0 saturated carbocycles. The third-order valence-electron chi connectivity index (χ3n) is 10.2. The van der Waals surface area contributed by atoms with Crippen LogP contribution in [0.2, 0.25) is 0 Å². The zero-order valence-electron chi connectivity index (χ0n) is 32.9. The van der Waals surface area contributed by atoms with E-state index in [0.29, 0.717) is 29.1 Å². The summed E-state index contributed by atoms with van der Waals surface area (Å²) in [5, 5.41) is 33.1. The van der Waals surface area contributed by atoms with E-state index < -0.39 is 53.1 Å². The average molecular weight is 871 g/mol. The van der Waals surface area contributed by atoms with E-state index in [1.165, 1.54) is 24.3 Å². The van der Waals surface area contributed by atoms with Gasteiger partial charge in [0.1, 0.15) is 6.54 Å². The van der Waals surface area contributed by atoms with Crippen molar-refractivity contribution < 1.29 is 56.8 Å². The molecule has 1 aromatic heterocycles. The number of aliphatic carboxylic acids is 2. The van der Waals surface area contributed by atoms with Crippen LogP contribution in [-0.4, -0.2) is 95.0 Å². The number of aliphatic hydroxyl groups is 2. The summed E-state index contributed by atoms with van der Waals surface area (Å²) in [5.74, 6) is -5.69. The van der Waals surface area contributed by atoms with Gasteiger partial charge >= 0.3 is 18.1 Å². The number of carbonyl (C=O) groups excluding carboxylic acids is 1. The van der Waals surface area contributed by atoms with Gasteiger partial charge in [-0.1, -0.05) is 72.4 Å². The van der Waals surface area contributed by atoms with Gasteiger partial charge < -0.3 is 34.8 Å². The number of carboxylic acids is 2. The second-order valence-corrected chi connectivity index (χ2v) is 15.5. The largest absolute Gasteiger partial charge is 0.479 e. The molecule has 0 bridgehead atoms. The van der Waals surface area contributed by atoms with Crippen LogP contribution in [0.4, 0.5) is 22.0 Å². The van der Waals surface area contributed by atoms with Gasteiger partial charge in [0, 0.05) is 43.0 Å². The van der Waals surface area contributed by atoms with Gasteiger partial charge in [0.2, 0.25) is 5.91 Å². The average Bonchev–Trinajstić information content (AvgIpc) is 3.24. The van der Waals surface area contributed by atoms with Gasteiger partial charge in [-0.25, -0.2) is 18.4 Å². The molecule has 12 nitrogen and oxygen atoms in total. The zero-order valence-corrected chi connectivity index (χ0v) is 33.7. The van der Waals surface area contributed by atoms with Crippen molar-refractivity contribution in [3.05, 3.63) is 130 Å². The second-order valence-electron chi connectivity index (χ2n) is 14.5. The van der Waals surface area contributed by atoms with Crippen LogP contribution in [0.25, 0.3) is 22.0 Å². The van der Waals surface area contributed by atoms with Gasteiger partial charge in [-0.05, 0) is 73.7 Å². The minimum atomic E-state index is -4.42. The number of halogens is 5. The van der Waals surface area contributed by atoms with Gasteiger partial charge in [0.15, 0.2) is 29.0 Å². The Bertz CT molecular complexity index is 2370. The molecular formula is C43H43F5N4O8S. The van der Waals surface area contributed by atoms with Gasteiger partial charge in [0.05, 0.1) is 16.5 Å². The molecule has 61 heavy (non-hydrogen) atoms. The van der Waals surface area contributed by atoms with Crippen LogP contribution in [0.15, 0.2) is 101 Å². The van der Waals surface area contributed by atoms with Crippen LogP contribution in [0, 0.1) is 11.6 Å². The molecule has 1 aliphatic heterocycles. The van der Waals surface area contributed by atoms with Gasteiger partial charge in [-0.3, -0.25) is 9.59 Å². The van der Waals surface area contributed by atoms with Crippen LogP contribution in [-0.2, 0) is 39.4 Å². The van der Waals surface area contributed by atoms with Gasteiger partial charge in [0.25, 0.3) is 5.56 Å². The van der Waals surface area contributed by atoms with Crippen LogP contribution in [0.5, 0.6) is 0 Å². The number of benzene rings is 4. The molecule has 2 unspecified atom stereocenters. The van der Waals surface area contributed by atoms with E-state index in [-0.39, 0.29) is 35.0 Å². The molecule has 4 aromatic carbocycles. The highest BCUT2D eigenvalue weighted by molar-refractivity contribution is 7.98. The fourth-order valence-electron chi connectivity index (χ4n) is 6.75. The maximum Gasteiger partial charge on any atom is 0.416 e. The summed E-state index contributed by atoms with van der Waals surface area (Å²) < 4.78 is 69.4. The third-order valence-corrected chi connectivity index (χ3v) is 11.2. The van der Waals surface area contributed by atoms with Crippen molar-refractivity contribution in [2.75, 3.05) is 13.1 Å². The highest BCUT2D eigenvalue weighted by atomic mass is 32.2. The Labute approximate surface area is 350 Å². The molecular weight excluding hydrogens is 828 g/mol. The summed E-state index contributed by atoms with van der Waals surface area (Å²) in [7, 11) is 0. The number of aromatic nitrogens is 2. The van der Waals surface area contributed by atoms with E-state index in [9.17, 15) is 41.1 Å². The number of carbonyl (C=O) groups is 3. The Balaban J connectivity index is 0.000000626. The van der Waals surface area contributed by atoms with Crippen LogP contribution in [0.3, 0.4) is 0 Å². The number of fused-ring (bicyclic) bond motifs is 1. The molecule has 4 N–H and O–H groups in total. The number of hydrogen-bond donors (Lipinski definition) is 4. The normalized spacial score (nSPS) is 14.6. The summed E-state index contributed by atoms with van der Waals surface area (Å²) in [6, 6.07) is 23.5. The molecule has 0 spiro atoms. The Hall–Kier alpha value is -5.69. The van der Waals surface area contributed by atoms with Crippen molar-refractivity contribution in [1.82, 2.24) is 19.4 Å². The number of nitrogens with zero attached hydrogens (tertiary/aromatic N) is 4. The maximum atomic E-state index is 14.5. The van der Waals surface area contributed by atoms with Crippen LogP contribution < -0.4 is 5.56 Å². The summed E-state index contributed by atoms with van der Waals surface area (Å²) >= 11 is 1.06. The monoisotopic (exact) mass is 870 g/mol. The summed E-state index contributed by atoms with van der Waals surface area (Å²) in [6.45, 7) is 6.08. The zero-order chi connectivity index (χ0) is 44.6. The quantitative estimate of drug-likeness (QED) is 0.0584. The van der Waals surface area contributed by atoms with Crippen molar-refractivity contribution in [2.24, 2.45) is 0 Å². The lowest BCUT2D eigenvalue weighted by Crippen LogP contribution is -2.49. The minimum Gasteiger partial charge on any atom is -0.479 e. The molecule has 5 aromatic rings. The predicted octanol–water partition coefficient (Wildman–Crippen LogP) is 6.43. The molecule has 1 amide bonds. The maximum absolute atomic E-state index is 14.5. The first kappa shape index (κ1) is 46.4. The van der Waals surface area contributed by atoms with Crippen LogP contribution in [0.1, 0.15) is 43.4 Å². The molecule has 18 heteroatoms. The standard InChI is InChI=1S/C39H37F5N4O2S.C4H6O6/c1-25(2)46-20-18-31(19-21-46)47(22-26-10-12-27(13-11-26)28-14-16-30(17-15-28)39(42,43)44)35(49)23-48-34-9-4-3-7-32(34)37(50)45-38(48)51-24-29-6-5-8-33(40)36(29)41;5-1(3(7)8)2(6)4(9)10/h3-17,25,31H,18-24H2,1-2H3;1-2,5-6H,(H,7,8)(H,9,10). The SMILES string of the molecule is CC(C)N1CCC(N(Cc2ccc(-c3ccc(C(F)(F)F)cc3)cc2)C(=O)Cn2c(SCc3cccc(F)c3F)nc(=O)c3ccccc32)CC1.O=C(O)C(O)C(O)C(=O)O. The van der Waals surface area contributed by atoms with Crippen molar-refractivity contribution in [1.29, 1.82) is 0 Å². The van der Waals surface area contributed by atoms with E-state index >= 15 is 0 Å². The van der Waals surface area contributed by atoms with Crippen molar-refractivity contribution in [3.63, 3.8) is 0 Å². The number of thioether (sulfide) groups is 1. The number of hydrogen-bond acceptors (Lipinski definition) is 9. The number of alkyl halides is 3. The molecule has 0 radical (unpaired) electrons. The number of piperidine rings is 1. The van der Waals surface area contributed by atoms with Crippen molar-refractivity contribution >= 4 is 40.5 Å². The second kappa shape index (κ2) is 20.2. The summed E-state index contributed by atoms with van der Waals surface area (Å²) in [4.78, 5) is 55.6. The Morgan fingerprint density at radius 3 is 1.97 bits per heavy atom. The smallest absolute Gasteiger partial charge is 0.416 e. The molecule has 1 fully saturated rings. The highest BCUT2D eigenvalue weighted by Gasteiger charge is 2.32. The lowest BCUT2D eigenvalue weighted by molar-refractivity contribution is -0.165. The molecule has 324 valence electrons. The number of aliphatic hydroxyl groups excluding tert-OH is 2. The molecule has 0 aliphatic carbocycles. The number of carboxylic acid groups (broad SMARTS) is 2. The lowest BCUT2D eigenvalue weighted by Gasteiger charge is -2.40. The van der Waals surface area contributed by atoms with Gasteiger partial charge in [-0.2, -0.15) is 18.2 Å². The summed E-state index contributed by atoms with van der Waals surface area (Å²) in [5.41, 5.74) is 1.66. The Morgan fingerprint density at radius 2 is 1.41 bits per heavy atom. The third kappa shape index (κ3) is 11.8. The fourth-order valence-corrected chi connectivity index (χ4v) is 7.72. The van der Waals surface area contributed by atoms with E-state index in [0.717, 1.165) is 67.0 Å². The molecule has 6 rings (SSSR count).